The van der Waals surface area contributed by atoms with E-state index >= 15 is 0 Å². The molecule has 0 fully saturated rings. The summed E-state index contributed by atoms with van der Waals surface area (Å²) in [5.41, 5.74) is 1.36. The summed E-state index contributed by atoms with van der Waals surface area (Å²) in [5, 5.41) is 8.63. The van der Waals surface area contributed by atoms with E-state index < -0.39 is 6.04 Å². The predicted octanol–water partition coefficient (Wildman–Crippen LogP) is 4.22. The molecule has 0 saturated carbocycles. The number of aromatic nitrogens is 2. The first-order chi connectivity index (χ1) is 14.5. The zero-order valence-corrected chi connectivity index (χ0v) is 18.3. The minimum atomic E-state index is -0.606. The molecule has 2 N–H and O–H groups in total. The van der Waals surface area contributed by atoms with Crippen molar-refractivity contribution in [2.24, 2.45) is 5.92 Å². The van der Waals surface area contributed by atoms with Crippen LogP contribution in [0.5, 0.6) is 0 Å². The van der Waals surface area contributed by atoms with E-state index in [1.807, 2.05) is 72.6 Å². The number of nitrogens with zero attached hydrogens (tertiary/aromatic N) is 2. The third-order valence-corrected chi connectivity index (χ3v) is 6.63. The third kappa shape index (κ3) is 4.44. The predicted molar refractivity (Wildman–Crippen MR) is 121 cm³/mol. The minimum absolute atomic E-state index is 0.0373. The highest BCUT2D eigenvalue weighted by Gasteiger charge is 2.24. The third-order valence-electron chi connectivity index (χ3n) is 4.72. The molecule has 30 heavy (non-hydrogen) atoms. The molecule has 0 aliphatic rings. The van der Waals surface area contributed by atoms with E-state index in [9.17, 15) is 9.59 Å². The van der Waals surface area contributed by atoms with Crippen molar-refractivity contribution in [1.29, 1.82) is 0 Å². The summed E-state index contributed by atoms with van der Waals surface area (Å²) < 4.78 is 2.87. The lowest BCUT2D eigenvalue weighted by Crippen LogP contribution is -2.49. The lowest BCUT2D eigenvalue weighted by Gasteiger charge is -2.21. The van der Waals surface area contributed by atoms with Gasteiger partial charge in [-0.05, 0) is 47.7 Å². The number of fused-ring (bicyclic) bond motifs is 1. The number of amides is 2. The second kappa shape index (κ2) is 8.81. The van der Waals surface area contributed by atoms with Gasteiger partial charge in [0, 0.05) is 22.8 Å². The number of hydrogen-bond donors (Lipinski definition) is 2. The lowest BCUT2D eigenvalue weighted by molar-refractivity contribution is -0.124. The highest BCUT2D eigenvalue weighted by Crippen LogP contribution is 2.26. The Morgan fingerprint density at radius 3 is 2.63 bits per heavy atom. The smallest absolute Gasteiger partial charge is 0.251 e. The Morgan fingerprint density at radius 2 is 1.93 bits per heavy atom. The summed E-state index contributed by atoms with van der Waals surface area (Å²) in [6.45, 7) is 4.31. The maximum Gasteiger partial charge on any atom is 0.251 e. The summed E-state index contributed by atoms with van der Waals surface area (Å²) in [7, 11) is 0. The molecular formula is C22H22N4O2S2. The highest BCUT2D eigenvalue weighted by molar-refractivity contribution is 7.20. The number of thiophene rings is 1. The molecule has 1 atom stereocenters. The summed E-state index contributed by atoms with van der Waals surface area (Å²) in [4.78, 5) is 31.2. The van der Waals surface area contributed by atoms with Gasteiger partial charge in [0.1, 0.15) is 6.04 Å². The van der Waals surface area contributed by atoms with Crippen LogP contribution in [0.15, 0.2) is 60.2 Å². The molecule has 0 radical (unpaired) electrons. The SMILES string of the molecule is CC(C)[C@@H](NC(=O)c1ccc2nc(-n3cccc3)sc2c1)C(=O)NCc1cccs1. The maximum absolute atomic E-state index is 12.9. The van der Waals surface area contributed by atoms with E-state index in [0.717, 1.165) is 20.2 Å². The summed E-state index contributed by atoms with van der Waals surface area (Å²) in [6.07, 6.45) is 3.88. The molecular weight excluding hydrogens is 416 g/mol. The molecule has 4 aromatic rings. The first-order valence-electron chi connectivity index (χ1n) is 9.66. The van der Waals surface area contributed by atoms with Gasteiger partial charge in [0.05, 0.1) is 16.8 Å². The Labute approximate surface area is 182 Å². The Balaban J connectivity index is 1.47. The zero-order chi connectivity index (χ0) is 21.1. The van der Waals surface area contributed by atoms with Crippen LogP contribution in [0.1, 0.15) is 29.1 Å². The number of carbonyl (C=O) groups is 2. The van der Waals surface area contributed by atoms with E-state index in [-0.39, 0.29) is 17.7 Å². The molecule has 0 unspecified atom stereocenters. The van der Waals surface area contributed by atoms with Crippen molar-refractivity contribution < 1.29 is 9.59 Å². The zero-order valence-electron chi connectivity index (χ0n) is 16.7. The fourth-order valence-corrected chi connectivity index (χ4v) is 4.70. The fraction of sp³-hybridized carbons (Fsp3) is 0.227. The van der Waals surface area contributed by atoms with Crippen LogP contribution >= 0.6 is 22.7 Å². The van der Waals surface area contributed by atoms with E-state index in [2.05, 4.69) is 15.6 Å². The van der Waals surface area contributed by atoms with Crippen molar-refractivity contribution in [2.45, 2.75) is 26.4 Å². The van der Waals surface area contributed by atoms with Crippen LogP contribution in [0.2, 0.25) is 0 Å². The standard InChI is InChI=1S/C22H22N4O2S2/c1-14(2)19(21(28)23-13-16-6-5-11-29-16)25-20(27)15-7-8-17-18(12-15)30-22(24-17)26-9-3-4-10-26/h3-12,14,19H,13H2,1-2H3,(H,23,28)(H,25,27)/t19-/m1/s1. The van der Waals surface area contributed by atoms with E-state index in [1.165, 1.54) is 11.3 Å². The average molecular weight is 439 g/mol. The van der Waals surface area contributed by atoms with Gasteiger partial charge in [-0.2, -0.15) is 0 Å². The van der Waals surface area contributed by atoms with Gasteiger partial charge in [-0.1, -0.05) is 31.3 Å². The molecule has 0 bridgehead atoms. The Morgan fingerprint density at radius 1 is 1.13 bits per heavy atom. The van der Waals surface area contributed by atoms with Gasteiger partial charge in [0.25, 0.3) is 5.91 Å². The number of thiazole rings is 1. The van der Waals surface area contributed by atoms with Crippen molar-refractivity contribution in [1.82, 2.24) is 20.2 Å². The number of hydrogen-bond acceptors (Lipinski definition) is 5. The summed E-state index contributed by atoms with van der Waals surface area (Å²) in [6, 6.07) is 12.6. The van der Waals surface area contributed by atoms with Gasteiger partial charge in [-0.3, -0.25) is 9.59 Å². The van der Waals surface area contributed by atoms with Gasteiger partial charge < -0.3 is 15.2 Å². The van der Waals surface area contributed by atoms with E-state index in [0.29, 0.717) is 12.1 Å². The van der Waals surface area contributed by atoms with Crippen molar-refractivity contribution >= 4 is 44.7 Å². The number of carbonyl (C=O) groups excluding carboxylic acids is 2. The van der Waals surface area contributed by atoms with Crippen LogP contribution < -0.4 is 10.6 Å². The quantitative estimate of drug-likeness (QED) is 0.454. The van der Waals surface area contributed by atoms with Crippen molar-refractivity contribution in [3.63, 3.8) is 0 Å². The van der Waals surface area contributed by atoms with Crippen molar-refractivity contribution in [3.8, 4) is 5.13 Å². The first kappa shape index (κ1) is 20.3. The summed E-state index contributed by atoms with van der Waals surface area (Å²) >= 11 is 3.11. The lowest BCUT2D eigenvalue weighted by atomic mass is 10.0. The molecule has 4 rings (SSSR count). The summed E-state index contributed by atoms with van der Waals surface area (Å²) in [5.74, 6) is -0.483. The first-order valence-corrected chi connectivity index (χ1v) is 11.4. The second-order valence-electron chi connectivity index (χ2n) is 7.26. The van der Waals surface area contributed by atoms with Crippen LogP contribution in [0, 0.1) is 5.92 Å². The van der Waals surface area contributed by atoms with Gasteiger partial charge in [-0.25, -0.2) is 4.98 Å². The Hall–Kier alpha value is -2.97. The van der Waals surface area contributed by atoms with Crippen LogP contribution in [-0.2, 0) is 11.3 Å². The molecule has 0 aliphatic heterocycles. The van der Waals surface area contributed by atoms with Gasteiger partial charge in [0.15, 0.2) is 5.13 Å². The fourth-order valence-electron chi connectivity index (χ4n) is 3.08. The largest absolute Gasteiger partial charge is 0.349 e. The molecule has 6 nitrogen and oxygen atoms in total. The van der Waals surface area contributed by atoms with Gasteiger partial charge in [-0.15, -0.1) is 11.3 Å². The molecule has 1 aromatic carbocycles. The normalized spacial score (nSPS) is 12.2. The molecule has 8 heteroatoms. The second-order valence-corrected chi connectivity index (χ2v) is 9.30. The van der Waals surface area contributed by atoms with Gasteiger partial charge in [0.2, 0.25) is 5.91 Å². The van der Waals surface area contributed by atoms with Crippen LogP contribution in [0.25, 0.3) is 15.3 Å². The number of nitrogens with one attached hydrogen (secondary N) is 2. The van der Waals surface area contributed by atoms with Crippen molar-refractivity contribution in [2.75, 3.05) is 0 Å². The topological polar surface area (TPSA) is 76.0 Å². The molecule has 0 aliphatic carbocycles. The highest BCUT2D eigenvalue weighted by atomic mass is 32.1. The van der Waals surface area contributed by atoms with Crippen molar-refractivity contribution in [3.05, 3.63) is 70.7 Å². The number of benzene rings is 1. The Bertz CT molecular complexity index is 1150. The molecule has 3 heterocycles. The van der Waals surface area contributed by atoms with E-state index in [1.54, 1.807) is 17.4 Å². The minimum Gasteiger partial charge on any atom is -0.349 e. The molecule has 0 saturated heterocycles. The molecule has 3 aromatic heterocycles. The van der Waals surface area contributed by atoms with Crippen LogP contribution in [-0.4, -0.2) is 27.4 Å². The monoisotopic (exact) mass is 438 g/mol. The van der Waals surface area contributed by atoms with E-state index in [4.69, 9.17) is 0 Å². The average Bonchev–Trinajstić information content (AvgIpc) is 3.49. The maximum atomic E-state index is 12.9. The molecule has 0 spiro atoms. The van der Waals surface area contributed by atoms with Gasteiger partial charge >= 0.3 is 0 Å². The number of rotatable bonds is 7. The molecule has 2 amide bonds. The Kier molecular flexibility index (Phi) is 5.96. The van der Waals surface area contributed by atoms with Crippen LogP contribution in [0.4, 0.5) is 0 Å². The van der Waals surface area contributed by atoms with Crippen LogP contribution in [0.3, 0.4) is 0 Å². The molecule has 154 valence electrons.